The van der Waals surface area contributed by atoms with Gasteiger partial charge in [-0.1, -0.05) is 0 Å². The quantitative estimate of drug-likeness (QED) is 0.756. The minimum Gasteiger partial charge on any atom is -0.338 e. The highest BCUT2D eigenvalue weighted by Crippen LogP contribution is 2.30. The Kier molecular flexibility index (Phi) is 2.15. The number of carbonyl (C=O) groups is 1. The topological polar surface area (TPSA) is 60.9 Å². The van der Waals surface area contributed by atoms with E-state index in [1.807, 2.05) is 17.8 Å². The molecule has 4 nitrogen and oxygen atoms in total. The molecule has 14 heavy (non-hydrogen) atoms. The molecule has 0 aromatic carbocycles. The van der Waals surface area contributed by atoms with Crippen LogP contribution in [-0.4, -0.2) is 20.9 Å². The first kappa shape index (κ1) is 9.40. The van der Waals surface area contributed by atoms with E-state index >= 15 is 0 Å². The highest BCUT2D eigenvalue weighted by molar-refractivity contribution is 5.90. The molecule has 1 aromatic heterocycles. The smallest absolute Gasteiger partial charge is 0.160 e. The van der Waals surface area contributed by atoms with Gasteiger partial charge in [0, 0.05) is 19.4 Å². The molecule has 1 aliphatic rings. The number of aromatic nitrogens is 2. The maximum atomic E-state index is 11.8. The largest absolute Gasteiger partial charge is 0.338 e. The van der Waals surface area contributed by atoms with Gasteiger partial charge in [-0.2, -0.15) is 0 Å². The summed E-state index contributed by atoms with van der Waals surface area (Å²) in [6.07, 6.45) is 6.63. The molecule has 0 radical (unpaired) electrons. The molecule has 1 heterocycles. The molecular weight excluding hydrogens is 178 g/mol. The van der Waals surface area contributed by atoms with Crippen LogP contribution in [0.2, 0.25) is 0 Å². The van der Waals surface area contributed by atoms with Crippen LogP contribution in [0, 0.1) is 0 Å². The molecule has 76 valence electrons. The highest BCUT2D eigenvalue weighted by atomic mass is 16.1. The summed E-state index contributed by atoms with van der Waals surface area (Å²) in [6, 6.07) is 0. The van der Waals surface area contributed by atoms with E-state index in [1.54, 1.807) is 6.20 Å². The van der Waals surface area contributed by atoms with Gasteiger partial charge in [0.05, 0.1) is 12.0 Å². The fourth-order valence-corrected chi connectivity index (χ4v) is 1.72. The van der Waals surface area contributed by atoms with Crippen molar-refractivity contribution in [3.8, 4) is 0 Å². The van der Waals surface area contributed by atoms with Crippen LogP contribution in [-0.2, 0) is 18.3 Å². The van der Waals surface area contributed by atoms with Gasteiger partial charge in [0.25, 0.3) is 0 Å². The average molecular weight is 193 g/mol. The third-order valence-electron chi connectivity index (χ3n) is 3.04. The molecule has 1 aliphatic carbocycles. The molecule has 1 aromatic rings. The monoisotopic (exact) mass is 193 g/mol. The summed E-state index contributed by atoms with van der Waals surface area (Å²) in [5, 5.41) is 0. The minimum atomic E-state index is -0.550. The lowest BCUT2D eigenvalue weighted by Crippen LogP contribution is -2.54. The van der Waals surface area contributed by atoms with Crippen molar-refractivity contribution in [2.24, 2.45) is 12.8 Å². The van der Waals surface area contributed by atoms with Gasteiger partial charge in [-0.3, -0.25) is 4.79 Å². The molecule has 4 heteroatoms. The molecule has 0 saturated heterocycles. The van der Waals surface area contributed by atoms with Gasteiger partial charge in [0.15, 0.2) is 5.78 Å². The lowest BCUT2D eigenvalue weighted by Gasteiger charge is -2.36. The Morgan fingerprint density at radius 2 is 2.43 bits per heavy atom. The van der Waals surface area contributed by atoms with Crippen LogP contribution in [0.3, 0.4) is 0 Å². The van der Waals surface area contributed by atoms with Gasteiger partial charge >= 0.3 is 0 Å². The van der Waals surface area contributed by atoms with E-state index in [9.17, 15) is 4.79 Å². The number of ketones is 1. The lowest BCUT2D eigenvalue weighted by atomic mass is 9.74. The number of hydrogen-bond donors (Lipinski definition) is 1. The van der Waals surface area contributed by atoms with Crippen molar-refractivity contribution in [1.82, 2.24) is 9.55 Å². The molecule has 0 aliphatic heterocycles. The summed E-state index contributed by atoms with van der Waals surface area (Å²) in [5.74, 6) is 0.921. The zero-order chi connectivity index (χ0) is 10.2. The summed E-state index contributed by atoms with van der Waals surface area (Å²) < 4.78 is 1.86. The summed E-state index contributed by atoms with van der Waals surface area (Å²) in [5.41, 5.74) is 5.38. The number of imidazole rings is 1. The Balaban J connectivity index is 2.05. The van der Waals surface area contributed by atoms with Crippen LogP contribution < -0.4 is 5.73 Å². The normalized spacial score (nSPS) is 19.0. The van der Waals surface area contributed by atoms with Crippen molar-refractivity contribution >= 4 is 5.78 Å². The Hall–Kier alpha value is -1.16. The van der Waals surface area contributed by atoms with Crippen LogP contribution in [0.5, 0.6) is 0 Å². The van der Waals surface area contributed by atoms with Crippen LogP contribution >= 0.6 is 0 Å². The number of rotatable bonds is 3. The molecular formula is C10H15N3O. The molecule has 0 bridgehead atoms. The van der Waals surface area contributed by atoms with Gasteiger partial charge in [0.2, 0.25) is 0 Å². The fraction of sp³-hybridized carbons (Fsp3) is 0.600. The summed E-state index contributed by atoms with van der Waals surface area (Å²) >= 11 is 0. The Morgan fingerprint density at radius 3 is 2.86 bits per heavy atom. The number of Topliss-reactive ketones (excluding diaryl/α,β-unsaturated/α-hetero) is 1. The molecule has 0 amide bonds. The predicted octanol–water partition coefficient (Wildman–Crippen LogP) is 0.413. The summed E-state index contributed by atoms with van der Waals surface area (Å²) in [4.78, 5) is 15.9. The van der Waals surface area contributed by atoms with Crippen LogP contribution in [0.15, 0.2) is 12.4 Å². The molecule has 1 saturated carbocycles. The van der Waals surface area contributed by atoms with E-state index in [4.69, 9.17) is 5.73 Å². The van der Waals surface area contributed by atoms with Gasteiger partial charge in [-0.15, -0.1) is 0 Å². The second-order valence-corrected chi connectivity index (χ2v) is 4.06. The molecule has 0 spiro atoms. The van der Waals surface area contributed by atoms with Crippen molar-refractivity contribution in [1.29, 1.82) is 0 Å². The van der Waals surface area contributed by atoms with Gasteiger partial charge in [-0.05, 0) is 19.3 Å². The molecule has 0 atom stereocenters. The third kappa shape index (κ3) is 1.46. The Morgan fingerprint density at radius 1 is 1.71 bits per heavy atom. The average Bonchev–Trinajstić information content (AvgIpc) is 2.48. The van der Waals surface area contributed by atoms with Crippen molar-refractivity contribution in [2.45, 2.75) is 31.2 Å². The first-order valence-corrected chi connectivity index (χ1v) is 4.90. The van der Waals surface area contributed by atoms with Crippen LogP contribution in [0.4, 0.5) is 0 Å². The maximum absolute atomic E-state index is 11.8. The van der Waals surface area contributed by atoms with Gasteiger partial charge < -0.3 is 10.3 Å². The number of aryl methyl sites for hydroxylation is 1. The molecule has 2 N–H and O–H groups in total. The molecule has 0 unspecified atom stereocenters. The van der Waals surface area contributed by atoms with E-state index in [0.29, 0.717) is 6.42 Å². The second-order valence-electron chi connectivity index (χ2n) is 4.06. The zero-order valence-electron chi connectivity index (χ0n) is 8.36. The van der Waals surface area contributed by atoms with Crippen molar-refractivity contribution in [2.75, 3.05) is 0 Å². The first-order chi connectivity index (χ1) is 6.62. The van der Waals surface area contributed by atoms with Crippen LogP contribution in [0.25, 0.3) is 0 Å². The van der Waals surface area contributed by atoms with Crippen LogP contribution in [0.1, 0.15) is 25.1 Å². The SMILES string of the molecule is Cn1ccnc1CC(=O)C1(N)CCC1. The van der Waals surface area contributed by atoms with Gasteiger partial charge in [-0.25, -0.2) is 4.98 Å². The first-order valence-electron chi connectivity index (χ1n) is 4.90. The zero-order valence-corrected chi connectivity index (χ0v) is 8.36. The fourth-order valence-electron chi connectivity index (χ4n) is 1.72. The summed E-state index contributed by atoms with van der Waals surface area (Å²) in [6.45, 7) is 0. The van der Waals surface area contributed by atoms with E-state index in [-0.39, 0.29) is 5.78 Å². The highest BCUT2D eigenvalue weighted by Gasteiger charge is 2.39. The minimum absolute atomic E-state index is 0.123. The van der Waals surface area contributed by atoms with E-state index < -0.39 is 5.54 Å². The third-order valence-corrected chi connectivity index (χ3v) is 3.04. The molecule has 2 rings (SSSR count). The predicted molar refractivity (Wildman–Crippen MR) is 52.7 cm³/mol. The standard InChI is InChI=1S/C10H15N3O/c1-13-6-5-12-9(13)7-8(14)10(11)3-2-4-10/h5-6H,2-4,7,11H2,1H3. The van der Waals surface area contributed by atoms with E-state index in [2.05, 4.69) is 4.98 Å². The van der Waals surface area contributed by atoms with Crippen molar-refractivity contribution in [3.05, 3.63) is 18.2 Å². The molecule has 1 fully saturated rings. The number of hydrogen-bond acceptors (Lipinski definition) is 3. The lowest BCUT2D eigenvalue weighted by molar-refractivity contribution is -0.126. The Bertz CT molecular complexity index is 352. The number of carbonyl (C=O) groups excluding carboxylic acids is 1. The Labute approximate surface area is 83.1 Å². The van der Waals surface area contributed by atoms with E-state index in [1.165, 1.54) is 0 Å². The number of nitrogens with two attached hydrogens (primary N) is 1. The van der Waals surface area contributed by atoms with Gasteiger partial charge in [0.1, 0.15) is 5.82 Å². The van der Waals surface area contributed by atoms with Crippen molar-refractivity contribution < 1.29 is 4.79 Å². The van der Waals surface area contributed by atoms with Crippen molar-refractivity contribution in [3.63, 3.8) is 0 Å². The summed E-state index contributed by atoms with van der Waals surface area (Å²) in [7, 11) is 1.89. The number of nitrogens with zero attached hydrogens (tertiary/aromatic N) is 2. The second kappa shape index (κ2) is 3.20. The maximum Gasteiger partial charge on any atom is 0.160 e. The van der Waals surface area contributed by atoms with E-state index in [0.717, 1.165) is 25.1 Å².